The minimum Gasteiger partial charge on any atom is -0.452 e. The average Bonchev–Trinajstić information content (AvgIpc) is 2.48. The molecule has 1 aromatic rings. The molecule has 2 rings (SSSR count). The molecule has 1 amide bonds. The number of esters is 1. The largest absolute Gasteiger partial charge is 0.452 e. The van der Waals surface area contributed by atoms with Gasteiger partial charge < -0.3 is 10.1 Å². The van der Waals surface area contributed by atoms with Gasteiger partial charge in [0.25, 0.3) is 5.91 Å². The fraction of sp³-hybridized carbons (Fsp3) is 0.500. The molecule has 0 radical (unpaired) electrons. The lowest BCUT2D eigenvalue weighted by atomic mass is 9.86. The molecule has 1 saturated carbocycles. The Morgan fingerprint density at radius 3 is 2.71 bits per heavy atom. The first kappa shape index (κ1) is 16.0. The topological polar surface area (TPSA) is 55.4 Å². The Kier molecular flexibility index (Phi) is 5.79. The molecule has 1 fully saturated rings. The summed E-state index contributed by atoms with van der Waals surface area (Å²) >= 11 is 3.29. The summed E-state index contributed by atoms with van der Waals surface area (Å²) in [6.07, 6.45) is 4.52. The first-order valence-corrected chi connectivity index (χ1v) is 8.08. The van der Waals surface area contributed by atoms with Gasteiger partial charge in [-0.2, -0.15) is 0 Å². The van der Waals surface area contributed by atoms with E-state index in [1.165, 1.54) is 6.42 Å². The molecule has 0 saturated heterocycles. The van der Waals surface area contributed by atoms with E-state index < -0.39 is 5.97 Å². The van der Waals surface area contributed by atoms with Crippen molar-refractivity contribution in [2.24, 2.45) is 5.92 Å². The molecule has 0 spiro atoms. The number of ether oxygens (including phenoxy) is 1. The second-order valence-electron chi connectivity index (χ2n) is 5.49. The lowest BCUT2D eigenvalue weighted by molar-refractivity contribution is -0.125. The number of hydrogen-bond acceptors (Lipinski definition) is 3. The normalized spacial score (nSPS) is 21.6. The van der Waals surface area contributed by atoms with Crippen LogP contribution in [0.4, 0.5) is 0 Å². The molecule has 0 unspecified atom stereocenters. The maximum Gasteiger partial charge on any atom is 0.339 e. The van der Waals surface area contributed by atoms with Crippen LogP contribution in [0.15, 0.2) is 28.7 Å². The van der Waals surface area contributed by atoms with Gasteiger partial charge in [0.15, 0.2) is 6.61 Å². The van der Waals surface area contributed by atoms with Gasteiger partial charge in [0.1, 0.15) is 0 Å². The Hall–Kier alpha value is -1.36. The molecular formula is C16H20BrNO3. The van der Waals surface area contributed by atoms with Crippen LogP contribution in [0.3, 0.4) is 0 Å². The summed E-state index contributed by atoms with van der Waals surface area (Å²) in [5.41, 5.74) is 0.427. The number of hydrogen-bond donors (Lipinski definition) is 1. The first-order valence-electron chi connectivity index (χ1n) is 7.29. The predicted octanol–water partition coefficient (Wildman–Crippen LogP) is 3.30. The number of carbonyl (C=O) groups excluding carboxylic acids is 2. The van der Waals surface area contributed by atoms with Crippen LogP contribution in [-0.2, 0) is 9.53 Å². The maximum absolute atomic E-state index is 11.9. The summed E-state index contributed by atoms with van der Waals surface area (Å²) in [6.45, 7) is 1.92. The molecule has 0 bridgehead atoms. The quantitative estimate of drug-likeness (QED) is 0.844. The van der Waals surface area contributed by atoms with Gasteiger partial charge in [-0.15, -0.1) is 0 Å². The Balaban J connectivity index is 1.81. The Morgan fingerprint density at radius 2 is 2.00 bits per heavy atom. The van der Waals surface area contributed by atoms with E-state index >= 15 is 0 Å². The molecule has 1 aliphatic carbocycles. The third-order valence-corrected chi connectivity index (χ3v) is 4.58. The first-order chi connectivity index (χ1) is 10.1. The van der Waals surface area contributed by atoms with Crippen molar-refractivity contribution in [3.05, 3.63) is 34.3 Å². The van der Waals surface area contributed by atoms with Gasteiger partial charge in [-0.05, 0) is 46.8 Å². The zero-order valence-electron chi connectivity index (χ0n) is 12.1. The molecule has 0 heterocycles. The highest BCUT2D eigenvalue weighted by molar-refractivity contribution is 9.10. The molecule has 1 aromatic carbocycles. The Bertz CT molecular complexity index is 518. The minimum absolute atomic E-state index is 0.202. The van der Waals surface area contributed by atoms with Crippen LogP contribution in [0, 0.1) is 5.92 Å². The maximum atomic E-state index is 11.9. The zero-order chi connectivity index (χ0) is 15.2. The molecule has 21 heavy (non-hydrogen) atoms. The Morgan fingerprint density at radius 1 is 1.29 bits per heavy atom. The third-order valence-electron chi connectivity index (χ3n) is 3.89. The van der Waals surface area contributed by atoms with Crippen molar-refractivity contribution in [3.63, 3.8) is 0 Å². The van der Waals surface area contributed by atoms with E-state index in [1.54, 1.807) is 18.2 Å². The van der Waals surface area contributed by atoms with Crippen molar-refractivity contribution in [3.8, 4) is 0 Å². The SMILES string of the molecule is C[C@H]1CCCC[C@@H]1NC(=O)COC(=O)c1ccccc1Br. The summed E-state index contributed by atoms with van der Waals surface area (Å²) in [5, 5.41) is 2.96. The van der Waals surface area contributed by atoms with Crippen molar-refractivity contribution in [2.75, 3.05) is 6.61 Å². The van der Waals surface area contributed by atoms with Crippen LogP contribution in [0.1, 0.15) is 43.0 Å². The fourth-order valence-electron chi connectivity index (χ4n) is 2.61. The van der Waals surface area contributed by atoms with E-state index in [9.17, 15) is 9.59 Å². The predicted molar refractivity (Wildman–Crippen MR) is 84.0 cm³/mol. The zero-order valence-corrected chi connectivity index (χ0v) is 13.7. The van der Waals surface area contributed by atoms with Gasteiger partial charge in [0.2, 0.25) is 0 Å². The van der Waals surface area contributed by atoms with Gasteiger partial charge in [-0.1, -0.05) is 31.9 Å². The van der Waals surface area contributed by atoms with E-state index in [-0.39, 0.29) is 18.6 Å². The van der Waals surface area contributed by atoms with Crippen molar-refractivity contribution >= 4 is 27.8 Å². The second kappa shape index (κ2) is 7.59. The van der Waals surface area contributed by atoms with Gasteiger partial charge in [-0.3, -0.25) is 4.79 Å². The molecular weight excluding hydrogens is 334 g/mol. The number of carbonyl (C=O) groups is 2. The van der Waals surface area contributed by atoms with Crippen LogP contribution in [0.5, 0.6) is 0 Å². The fourth-order valence-corrected chi connectivity index (χ4v) is 3.06. The monoisotopic (exact) mass is 353 g/mol. The highest BCUT2D eigenvalue weighted by Crippen LogP contribution is 2.23. The third kappa shape index (κ3) is 4.56. The summed E-state index contributed by atoms with van der Waals surface area (Å²) in [7, 11) is 0. The molecule has 4 nitrogen and oxygen atoms in total. The van der Waals surface area contributed by atoms with Crippen molar-refractivity contribution < 1.29 is 14.3 Å². The second-order valence-corrected chi connectivity index (χ2v) is 6.35. The van der Waals surface area contributed by atoms with Crippen LogP contribution < -0.4 is 5.32 Å². The summed E-state index contributed by atoms with van der Waals surface area (Å²) in [5.74, 6) is -0.231. The molecule has 0 aliphatic heterocycles. The lowest BCUT2D eigenvalue weighted by Crippen LogP contribution is -2.42. The molecule has 2 atom stereocenters. The standard InChI is InChI=1S/C16H20BrNO3/c1-11-6-2-5-9-14(11)18-15(19)10-21-16(20)12-7-3-4-8-13(12)17/h3-4,7-8,11,14H,2,5-6,9-10H2,1H3,(H,18,19)/t11-,14-/m0/s1. The van der Waals surface area contributed by atoms with Crippen molar-refractivity contribution in [1.82, 2.24) is 5.32 Å². The molecule has 0 aromatic heterocycles. The van der Waals surface area contributed by atoms with Crippen LogP contribution >= 0.6 is 15.9 Å². The number of benzene rings is 1. The number of rotatable bonds is 4. The molecule has 1 N–H and O–H groups in total. The number of nitrogens with one attached hydrogen (secondary N) is 1. The summed E-state index contributed by atoms with van der Waals surface area (Å²) in [6, 6.07) is 7.20. The lowest BCUT2D eigenvalue weighted by Gasteiger charge is -2.29. The molecule has 114 valence electrons. The van der Waals surface area contributed by atoms with E-state index in [2.05, 4.69) is 28.2 Å². The highest BCUT2D eigenvalue weighted by atomic mass is 79.9. The van der Waals surface area contributed by atoms with Gasteiger partial charge >= 0.3 is 5.97 Å². The van der Waals surface area contributed by atoms with Crippen LogP contribution in [-0.4, -0.2) is 24.5 Å². The molecule has 1 aliphatic rings. The highest BCUT2D eigenvalue weighted by Gasteiger charge is 2.23. The average molecular weight is 354 g/mol. The van der Waals surface area contributed by atoms with Crippen LogP contribution in [0.25, 0.3) is 0 Å². The molecule has 5 heteroatoms. The van der Waals surface area contributed by atoms with E-state index in [0.29, 0.717) is 16.0 Å². The van der Waals surface area contributed by atoms with Crippen molar-refractivity contribution in [1.29, 1.82) is 0 Å². The van der Waals surface area contributed by atoms with E-state index in [4.69, 9.17) is 4.74 Å². The van der Waals surface area contributed by atoms with Crippen LogP contribution in [0.2, 0.25) is 0 Å². The van der Waals surface area contributed by atoms with E-state index in [1.807, 2.05) is 6.07 Å². The number of amides is 1. The number of halogens is 1. The van der Waals surface area contributed by atoms with Gasteiger partial charge in [-0.25, -0.2) is 4.79 Å². The summed E-state index contributed by atoms with van der Waals surface area (Å²) < 4.78 is 5.73. The Labute approximate surface area is 133 Å². The van der Waals surface area contributed by atoms with Crippen molar-refractivity contribution in [2.45, 2.75) is 38.6 Å². The smallest absolute Gasteiger partial charge is 0.339 e. The van der Waals surface area contributed by atoms with Gasteiger partial charge in [0.05, 0.1) is 5.56 Å². The summed E-state index contributed by atoms with van der Waals surface area (Å²) in [4.78, 5) is 23.8. The van der Waals surface area contributed by atoms with Gasteiger partial charge in [0, 0.05) is 10.5 Å². The van der Waals surface area contributed by atoms with E-state index in [0.717, 1.165) is 19.3 Å². The minimum atomic E-state index is -0.491.